The highest BCUT2D eigenvalue weighted by Gasteiger charge is 2.36. The number of nitrogens with zero attached hydrogens (tertiary/aromatic N) is 1. The molecule has 0 aromatic rings. The fraction of sp³-hybridized carbons (Fsp3) is 1.00. The van der Waals surface area contributed by atoms with Crippen LogP contribution in [0.25, 0.3) is 0 Å². The van der Waals surface area contributed by atoms with Crippen LogP contribution in [-0.2, 0) is 4.74 Å². The van der Waals surface area contributed by atoms with Crippen LogP contribution in [0.4, 0.5) is 0 Å². The van der Waals surface area contributed by atoms with Crippen LogP contribution in [0, 0.1) is 17.3 Å². The molecule has 2 unspecified atom stereocenters. The van der Waals surface area contributed by atoms with Crippen molar-refractivity contribution in [2.75, 3.05) is 39.9 Å². The summed E-state index contributed by atoms with van der Waals surface area (Å²) in [5.74, 6) is 1.48. The summed E-state index contributed by atoms with van der Waals surface area (Å²) >= 11 is 0. The maximum absolute atomic E-state index is 5.71. The molecule has 3 nitrogen and oxygen atoms in total. The Morgan fingerprint density at radius 1 is 1.15 bits per heavy atom. The highest BCUT2D eigenvalue weighted by molar-refractivity contribution is 4.89. The van der Waals surface area contributed by atoms with Crippen LogP contribution in [0.15, 0.2) is 0 Å². The Labute approximate surface area is 126 Å². The van der Waals surface area contributed by atoms with Gasteiger partial charge in [-0.25, -0.2) is 0 Å². The van der Waals surface area contributed by atoms with Crippen LogP contribution in [0.3, 0.4) is 0 Å². The smallest absolute Gasteiger partial charge is 0.0547 e. The topological polar surface area (TPSA) is 24.5 Å². The van der Waals surface area contributed by atoms with E-state index in [1.165, 1.54) is 12.8 Å². The average molecular weight is 284 g/mol. The summed E-state index contributed by atoms with van der Waals surface area (Å²) in [6.45, 7) is 16.7. The normalized spacial score (nSPS) is 25.1. The van der Waals surface area contributed by atoms with Gasteiger partial charge in [-0.1, -0.05) is 27.7 Å². The Bertz CT molecular complexity index is 260. The van der Waals surface area contributed by atoms with Gasteiger partial charge in [0.25, 0.3) is 0 Å². The number of hydrogen-bond donors (Lipinski definition) is 1. The first kappa shape index (κ1) is 17.9. The summed E-state index contributed by atoms with van der Waals surface area (Å²) in [7, 11) is 2.27. The van der Waals surface area contributed by atoms with E-state index >= 15 is 0 Å². The summed E-state index contributed by atoms with van der Waals surface area (Å²) in [6.07, 6.45) is 2.46. The van der Waals surface area contributed by atoms with Crippen molar-refractivity contribution in [3.05, 3.63) is 0 Å². The van der Waals surface area contributed by atoms with Gasteiger partial charge in [0.2, 0.25) is 0 Å². The van der Waals surface area contributed by atoms with Crippen molar-refractivity contribution in [1.29, 1.82) is 0 Å². The molecular weight excluding hydrogens is 248 g/mol. The molecule has 1 rings (SSSR count). The summed E-state index contributed by atoms with van der Waals surface area (Å²) in [5.41, 5.74) is 0.314. The lowest BCUT2D eigenvalue weighted by molar-refractivity contribution is 0.0984. The van der Waals surface area contributed by atoms with Crippen LogP contribution in [0.1, 0.15) is 47.5 Å². The number of ether oxygens (including phenoxy) is 1. The van der Waals surface area contributed by atoms with Gasteiger partial charge in [-0.3, -0.25) is 0 Å². The largest absolute Gasteiger partial charge is 0.381 e. The first-order valence-corrected chi connectivity index (χ1v) is 8.33. The maximum atomic E-state index is 5.71. The molecule has 0 aromatic carbocycles. The third kappa shape index (κ3) is 6.11. The molecule has 1 fully saturated rings. The second kappa shape index (κ2) is 8.35. The van der Waals surface area contributed by atoms with Gasteiger partial charge >= 0.3 is 0 Å². The van der Waals surface area contributed by atoms with Gasteiger partial charge in [0.15, 0.2) is 0 Å². The molecule has 0 spiro atoms. The van der Waals surface area contributed by atoms with Crippen LogP contribution >= 0.6 is 0 Å². The molecular formula is C17H36N2O. The maximum Gasteiger partial charge on any atom is 0.0547 e. The summed E-state index contributed by atoms with van der Waals surface area (Å²) < 4.78 is 5.71. The van der Waals surface area contributed by atoms with E-state index in [0.717, 1.165) is 38.8 Å². The zero-order valence-corrected chi connectivity index (χ0v) is 14.5. The van der Waals surface area contributed by atoms with Crippen molar-refractivity contribution in [2.24, 2.45) is 17.3 Å². The van der Waals surface area contributed by atoms with E-state index in [4.69, 9.17) is 4.74 Å². The minimum atomic E-state index is 0.314. The van der Waals surface area contributed by atoms with Gasteiger partial charge in [0.05, 0.1) is 6.61 Å². The van der Waals surface area contributed by atoms with Gasteiger partial charge in [0.1, 0.15) is 0 Å². The predicted molar refractivity (Wildman–Crippen MR) is 87.1 cm³/mol. The average Bonchev–Trinajstić information content (AvgIpc) is 2.76. The molecule has 0 aliphatic carbocycles. The summed E-state index contributed by atoms with van der Waals surface area (Å²) in [6, 6.07) is 0.651. The lowest BCUT2D eigenvalue weighted by Gasteiger charge is -2.36. The van der Waals surface area contributed by atoms with E-state index in [9.17, 15) is 0 Å². The zero-order valence-electron chi connectivity index (χ0n) is 14.5. The number of nitrogens with one attached hydrogen (secondary N) is 1. The first-order valence-electron chi connectivity index (χ1n) is 8.33. The van der Waals surface area contributed by atoms with Gasteiger partial charge in [0, 0.05) is 31.2 Å². The highest BCUT2D eigenvalue weighted by atomic mass is 16.5. The SMILES string of the molecule is CC(C)CNCC1(CN(C)C(C)CC(C)C)CCOC1. The zero-order chi connectivity index (χ0) is 15.2. The Morgan fingerprint density at radius 3 is 2.35 bits per heavy atom. The van der Waals surface area contributed by atoms with Crippen LogP contribution in [-0.4, -0.2) is 50.8 Å². The van der Waals surface area contributed by atoms with Gasteiger partial charge < -0.3 is 15.0 Å². The second-order valence-corrected chi connectivity index (χ2v) is 7.72. The molecule has 1 aliphatic heterocycles. The molecule has 1 aliphatic rings. The second-order valence-electron chi connectivity index (χ2n) is 7.72. The van der Waals surface area contributed by atoms with E-state index in [-0.39, 0.29) is 0 Å². The molecule has 0 radical (unpaired) electrons. The summed E-state index contributed by atoms with van der Waals surface area (Å²) in [5, 5.41) is 3.65. The lowest BCUT2D eigenvalue weighted by atomic mass is 9.85. The van der Waals surface area contributed by atoms with Gasteiger partial charge in [-0.2, -0.15) is 0 Å². The fourth-order valence-electron chi connectivity index (χ4n) is 3.14. The molecule has 1 heterocycles. The van der Waals surface area contributed by atoms with E-state index in [0.29, 0.717) is 17.4 Å². The molecule has 20 heavy (non-hydrogen) atoms. The standard InChI is InChI=1S/C17H36N2O/c1-14(2)9-16(5)19(6)12-17(7-8-20-13-17)11-18-10-15(3)4/h14-16,18H,7-13H2,1-6H3. The van der Waals surface area contributed by atoms with Crippen molar-refractivity contribution in [3.8, 4) is 0 Å². The van der Waals surface area contributed by atoms with Crippen molar-refractivity contribution in [3.63, 3.8) is 0 Å². The molecule has 3 heteroatoms. The molecule has 0 aromatic heterocycles. The Kier molecular flexibility index (Phi) is 7.49. The van der Waals surface area contributed by atoms with E-state index in [1.807, 2.05) is 0 Å². The third-order valence-electron chi connectivity index (χ3n) is 4.39. The quantitative estimate of drug-likeness (QED) is 0.704. The molecule has 0 saturated carbocycles. The molecule has 1 saturated heterocycles. The van der Waals surface area contributed by atoms with Crippen molar-refractivity contribution in [1.82, 2.24) is 10.2 Å². The fourth-order valence-corrected chi connectivity index (χ4v) is 3.14. The number of rotatable bonds is 9. The van der Waals surface area contributed by atoms with Gasteiger partial charge in [-0.15, -0.1) is 0 Å². The van der Waals surface area contributed by atoms with Crippen LogP contribution < -0.4 is 5.32 Å². The van der Waals surface area contributed by atoms with Crippen LogP contribution in [0.2, 0.25) is 0 Å². The molecule has 0 amide bonds. The third-order valence-corrected chi connectivity index (χ3v) is 4.39. The Hall–Kier alpha value is -0.120. The molecule has 1 N–H and O–H groups in total. The molecule has 0 bridgehead atoms. The van der Waals surface area contributed by atoms with Crippen molar-refractivity contribution < 1.29 is 4.74 Å². The lowest BCUT2D eigenvalue weighted by Crippen LogP contribution is -2.46. The van der Waals surface area contributed by atoms with Gasteiger partial charge in [-0.05, 0) is 45.2 Å². The van der Waals surface area contributed by atoms with E-state index < -0.39 is 0 Å². The van der Waals surface area contributed by atoms with E-state index in [2.05, 4.69) is 51.9 Å². The molecule has 2 atom stereocenters. The van der Waals surface area contributed by atoms with Crippen molar-refractivity contribution >= 4 is 0 Å². The van der Waals surface area contributed by atoms with Crippen molar-refractivity contribution in [2.45, 2.75) is 53.5 Å². The minimum absolute atomic E-state index is 0.314. The first-order chi connectivity index (χ1) is 9.34. The Morgan fingerprint density at radius 2 is 1.85 bits per heavy atom. The Balaban J connectivity index is 2.48. The minimum Gasteiger partial charge on any atom is -0.381 e. The predicted octanol–water partition coefficient (Wildman–Crippen LogP) is 3.01. The van der Waals surface area contributed by atoms with Crippen LogP contribution in [0.5, 0.6) is 0 Å². The monoisotopic (exact) mass is 284 g/mol. The van der Waals surface area contributed by atoms with E-state index in [1.54, 1.807) is 0 Å². The highest BCUT2D eigenvalue weighted by Crippen LogP contribution is 2.30. The number of hydrogen-bond acceptors (Lipinski definition) is 3. The molecule has 120 valence electrons. The summed E-state index contributed by atoms with van der Waals surface area (Å²) in [4.78, 5) is 2.53.